The molecule has 0 saturated carbocycles. The molecule has 2 aromatic heterocycles. The van der Waals surface area contributed by atoms with Gasteiger partial charge in [0.2, 0.25) is 0 Å². The van der Waals surface area contributed by atoms with Gasteiger partial charge in [0.05, 0.1) is 50.5 Å². The van der Waals surface area contributed by atoms with E-state index in [0.717, 1.165) is 112 Å². The molecule has 6 heteroatoms. The summed E-state index contributed by atoms with van der Waals surface area (Å²) in [5.74, 6) is 3.34. The van der Waals surface area contributed by atoms with Crippen LogP contribution in [-0.4, -0.2) is 37.6 Å². The summed E-state index contributed by atoms with van der Waals surface area (Å²) in [5, 5.41) is 4.71. The van der Waals surface area contributed by atoms with Gasteiger partial charge in [-0.3, -0.25) is 0 Å². The standard InChI is InChI=1S/C64H48N2O4/c1-67-53-13-5-9-43(33-53)47-21-29-61-57(37-47)58-38-48(44-10-6-14-54(34-44)68-2)22-30-62(58)65(61)51-25-17-41(18-26-51)42-19-27-52(28-20-42)66-63-31-23-49(45-11-7-15-55(35-45)69-3)39-59(63)60-40-50(24-32-64(60)66)46-12-8-16-56(36-46)70-4/h5-40H,1-4H3. The molecule has 0 fully saturated rings. The highest BCUT2D eigenvalue weighted by atomic mass is 16.5. The van der Waals surface area contributed by atoms with Crippen molar-refractivity contribution >= 4 is 43.6 Å². The lowest BCUT2D eigenvalue weighted by atomic mass is 10.00. The quantitative estimate of drug-likeness (QED) is 0.130. The second-order valence-corrected chi connectivity index (χ2v) is 17.6. The summed E-state index contributed by atoms with van der Waals surface area (Å²) in [6.45, 7) is 0. The third kappa shape index (κ3) is 7.47. The zero-order valence-electron chi connectivity index (χ0n) is 39.3. The van der Waals surface area contributed by atoms with Crippen LogP contribution in [0.2, 0.25) is 0 Å². The second kappa shape index (κ2) is 17.6. The Labute approximate surface area is 406 Å². The van der Waals surface area contributed by atoms with Crippen molar-refractivity contribution in [2.24, 2.45) is 0 Å². The van der Waals surface area contributed by atoms with E-state index in [9.17, 15) is 0 Å². The van der Waals surface area contributed by atoms with Crippen molar-refractivity contribution in [3.05, 3.63) is 218 Å². The molecule has 0 unspecified atom stereocenters. The third-order valence-electron chi connectivity index (χ3n) is 13.7. The van der Waals surface area contributed by atoms with Crippen LogP contribution < -0.4 is 18.9 Å². The fourth-order valence-electron chi connectivity index (χ4n) is 10.1. The van der Waals surface area contributed by atoms with E-state index >= 15 is 0 Å². The molecular formula is C64H48N2O4. The van der Waals surface area contributed by atoms with Gasteiger partial charge < -0.3 is 28.1 Å². The minimum atomic E-state index is 0.834. The molecule has 0 N–H and O–H groups in total. The summed E-state index contributed by atoms with van der Waals surface area (Å²) in [6.07, 6.45) is 0. The van der Waals surface area contributed by atoms with Gasteiger partial charge in [0.15, 0.2) is 0 Å². The minimum absolute atomic E-state index is 0.834. The topological polar surface area (TPSA) is 46.8 Å². The van der Waals surface area contributed by atoms with Gasteiger partial charge in [0, 0.05) is 32.9 Å². The number of hydrogen-bond donors (Lipinski definition) is 0. The normalized spacial score (nSPS) is 11.4. The number of ether oxygens (including phenoxy) is 4. The molecule has 0 aliphatic heterocycles. The van der Waals surface area contributed by atoms with Gasteiger partial charge in [0.25, 0.3) is 0 Å². The number of nitrogens with zero attached hydrogens (tertiary/aromatic N) is 2. The molecule has 0 spiro atoms. The Morgan fingerprint density at radius 2 is 0.457 bits per heavy atom. The molecule has 6 nitrogen and oxygen atoms in total. The van der Waals surface area contributed by atoms with Crippen molar-refractivity contribution in [3.63, 3.8) is 0 Å². The number of fused-ring (bicyclic) bond motifs is 6. The lowest BCUT2D eigenvalue weighted by Gasteiger charge is -2.12. The molecule has 0 amide bonds. The van der Waals surface area contributed by atoms with E-state index in [1.807, 2.05) is 48.5 Å². The van der Waals surface area contributed by atoms with Crippen LogP contribution in [0, 0.1) is 0 Å². The van der Waals surface area contributed by atoms with Gasteiger partial charge >= 0.3 is 0 Å². The van der Waals surface area contributed by atoms with E-state index in [1.165, 1.54) is 21.5 Å². The molecule has 12 aromatic rings. The molecule has 12 rings (SSSR count). The summed E-state index contributed by atoms with van der Waals surface area (Å²) in [7, 11) is 6.84. The van der Waals surface area contributed by atoms with Gasteiger partial charge in [0.1, 0.15) is 23.0 Å². The molecule has 0 bridgehead atoms. The van der Waals surface area contributed by atoms with Crippen molar-refractivity contribution in [3.8, 4) is 90.0 Å². The molecule has 2 heterocycles. The van der Waals surface area contributed by atoms with E-state index in [1.54, 1.807) is 28.4 Å². The maximum Gasteiger partial charge on any atom is 0.119 e. The van der Waals surface area contributed by atoms with Crippen molar-refractivity contribution in [1.82, 2.24) is 9.13 Å². The maximum atomic E-state index is 5.60. The Balaban J connectivity index is 0.926. The summed E-state index contributed by atoms with van der Waals surface area (Å²) in [6, 6.07) is 78.0. The molecule has 0 saturated heterocycles. The number of hydrogen-bond acceptors (Lipinski definition) is 4. The number of benzene rings is 10. The van der Waals surface area contributed by atoms with Gasteiger partial charge in [-0.05, 0) is 177 Å². The maximum absolute atomic E-state index is 5.60. The molecular weight excluding hydrogens is 861 g/mol. The van der Waals surface area contributed by atoms with Crippen LogP contribution in [0.15, 0.2) is 218 Å². The Morgan fingerprint density at radius 1 is 0.229 bits per heavy atom. The van der Waals surface area contributed by atoms with E-state index in [2.05, 4.69) is 179 Å². The summed E-state index contributed by atoms with van der Waals surface area (Å²) >= 11 is 0. The zero-order chi connectivity index (χ0) is 47.3. The third-order valence-corrected chi connectivity index (χ3v) is 13.7. The van der Waals surface area contributed by atoms with Gasteiger partial charge in [-0.25, -0.2) is 0 Å². The van der Waals surface area contributed by atoms with Crippen molar-refractivity contribution in [1.29, 1.82) is 0 Å². The number of methoxy groups -OCH3 is 4. The highest BCUT2D eigenvalue weighted by Crippen LogP contribution is 2.41. The van der Waals surface area contributed by atoms with Gasteiger partial charge in [-0.1, -0.05) is 97.1 Å². The Kier molecular flexibility index (Phi) is 10.6. The van der Waals surface area contributed by atoms with Gasteiger partial charge in [-0.15, -0.1) is 0 Å². The molecule has 338 valence electrons. The van der Waals surface area contributed by atoms with Gasteiger partial charge in [-0.2, -0.15) is 0 Å². The molecule has 10 aromatic carbocycles. The van der Waals surface area contributed by atoms with Crippen LogP contribution >= 0.6 is 0 Å². The molecule has 70 heavy (non-hydrogen) atoms. The molecule has 0 aliphatic rings. The Hall–Kier alpha value is -9.00. The Bertz CT molecular complexity index is 3470. The number of rotatable bonds is 11. The first-order valence-electron chi connectivity index (χ1n) is 23.4. The van der Waals surface area contributed by atoms with Crippen LogP contribution in [0.1, 0.15) is 0 Å². The number of aromatic nitrogens is 2. The van der Waals surface area contributed by atoms with Crippen LogP contribution in [0.3, 0.4) is 0 Å². The fraction of sp³-hybridized carbons (Fsp3) is 0.0625. The van der Waals surface area contributed by atoms with E-state index in [0.29, 0.717) is 0 Å². The largest absolute Gasteiger partial charge is 0.497 e. The summed E-state index contributed by atoms with van der Waals surface area (Å²) in [5.41, 5.74) is 18.0. The fourth-order valence-corrected chi connectivity index (χ4v) is 10.1. The minimum Gasteiger partial charge on any atom is -0.497 e. The van der Waals surface area contributed by atoms with E-state index in [-0.39, 0.29) is 0 Å². The van der Waals surface area contributed by atoms with Crippen LogP contribution in [-0.2, 0) is 0 Å². The van der Waals surface area contributed by atoms with E-state index < -0.39 is 0 Å². The highest BCUT2D eigenvalue weighted by molar-refractivity contribution is 6.13. The Morgan fingerprint density at radius 3 is 0.700 bits per heavy atom. The first-order valence-corrected chi connectivity index (χ1v) is 23.4. The zero-order valence-corrected chi connectivity index (χ0v) is 39.3. The molecule has 0 atom stereocenters. The lowest BCUT2D eigenvalue weighted by molar-refractivity contribution is 0.415. The van der Waals surface area contributed by atoms with Crippen molar-refractivity contribution in [2.75, 3.05) is 28.4 Å². The summed E-state index contributed by atoms with van der Waals surface area (Å²) < 4.78 is 27.1. The average molecular weight is 909 g/mol. The predicted octanol–water partition coefficient (Wildman–Crippen LogP) is 16.3. The second-order valence-electron chi connectivity index (χ2n) is 17.6. The first kappa shape index (κ1) is 42.4. The summed E-state index contributed by atoms with van der Waals surface area (Å²) in [4.78, 5) is 0. The van der Waals surface area contributed by atoms with Crippen molar-refractivity contribution < 1.29 is 18.9 Å². The van der Waals surface area contributed by atoms with Crippen LogP contribution in [0.5, 0.6) is 23.0 Å². The highest BCUT2D eigenvalue weighted by Gasteiger charge is 2.18. The van der Waals surface area contributed by atoms with Crippen LogP contribution in [0.4, 0.5) is 0 Å². The predicted molar refractivity (Wildman–Crippen MR) is 289 cm³/mol. The smallest absolute Gasteiger partial charge is 0.119 e. The molecule has 0 aliphatic carbocycles. The average Bonchev–Trinajstić information content (AvgIpc) is 3.94. The monoisotopic (exact) mass is 908 g/mol. The lowest BCUT2D eigenvalue weighted by Crippen LogP contribution is -1.95. The first-order chi connectivity index (χ1) is 34.5. The SMILES string of the molecule is COc1cccc(-c2ccc3c(c2)c2cc(-c4cccc(OC)c4)ccc2n3-c2ccc(-c3ccc(-n4c5ccc(-c6cccc(OC)c6)cc5c5cc(-c6cccc(OC)c6)ccc54)cc3)cc2)c1. The van der Waals surface area contributed by atoms with E-state index in [4.69, 9.17) is 18.9 Å². The van der Waals surface area contributed by atoms with Crippen molar-refractivity contribution in [2.45, 2.75) is 0 Å². The molecule has 0 radical (unpaired) electrons. The van der Waals surface area contributed by atoms with Crippen LogP contribution in [0.25, 0.3) is 111 Å².